The van der Waals surface area contributed by atoms with Crippen LogP contribution in [0.4, 0.5) is 0 Å². The number of nitrogens with zero attached hydrogens (tertiary/aromatic N) is 1. The lowest BCUT2D eigenvalue weighted by atomic mass is 10.0. The highest BCUT2D eigenvalue weighted by Gasteiger charge is 2.09. The Kier molecular flexibility index (Phi) is 5.48. The van der Waals surface area contributed by atoms with Crippen molar-refractivity contribution in [2.45, 2.75) is 45.8 Å². The standard InChI is InChI=1S/C20H23NO2S/c1-3-4-10-18(22)16-8-5-7-15(12-16)13-23-19-11-6-9-17-20(19)24-14(2)21-17/h5-9,11-12,18,22H,3-4,10,13H2,1-2H3. The first-order chi connectivity index (χ1) is 11.7. The highest BCUT2D eigenvalue weighted by atomic mass is 32.1. The number of rotatable bonds is 7. The van der Waals surface area contributed by atoms with Gasteiger partial charge in [-0.15, -0.1) is 11.3 Å². The lowest BCUT2D eigenvalue weighted by Crippen LogP contribution is -2.00. The molecule has 1 unspecified atom stereocenters. The van der Waals surface area contributed by atoms with Gasteiger partial charge in [0, 0.05) is 0 Å². The summed E-state index contributed by atoms with van der Waals surface area (Å²) in [4.78, 5) is 4.50. The molecule has 0 spiro atoms. The fourth-order valence-electron chi connectivity index (χ4n) is 2.76. The van der Waals surface area contributed by atoms with E-state index in [0.717, 1.165) is 51.4 Å². The Labute approximate surface area is 146 Å². The summed E-state index contributed by atoms with van der Waals surface area (Å²) < 4.78 is 7.12. The highest BCUT2D eigenvalue weighted by molar-refractivity contribution is 7.18. The lowest BCUT2D eigenvalue weighted by molar-refractivity contribution is 0.164. The molecule has 0 saturated heterocycles. The second kappa shape index (κ2) is 7.77. The molecule has 1 aromatic heterocycles. The lowest BCUT2D eigenvalue weighted by Gasteiger charge is -2.12. The minimum atomic E-state index is -0.391. The van der Waals surface area contributed by atoms with Crippen molar-refractivity contribution in [3.63, 3.8) is 0 Å². The van der Waals surface area contributed by atoms with Crippen LogP contribution in [0, 0.1) is 6.92 Å². The van der Waals surface area contributed by atoms with E-state index in [2.05, 4.69) is 11.9 Å². The van der Waals surface area contributed by atoms with Gasteiger partial charge in [0.2, 0.25) is 0 Å². The Balaban J connectivity index is 1.72. The molecule has 126 valence electrons. The Hall–Kier alpha value is -1.91. The first-order valence-corrected chi connectivity index (χ1v) is 9.25. The fourth-order valence-corrected chi connectivity index (χ4v) is 3.65. The van der Waals surface area contributed by atoms with Crippen LogP contribution in [0.15, 0.2) is 42.5 Å². The number of aliphatic hydroxyl groups is 1. The van der Waals surface area contributed by atoms with Gasteiger partial charge in [-0.25, -0.2) is 4.98 Å². The van der Waals surface area contributed by atoms with Crippen molar-refractivity contribution in [2.75, 3.05) is 0 Å². The molecule has 1 atom stereocenters. The zero-order valence-corrected chi connectivity index (χ0v) is 15.0. The zero-order valence-electron chi connectivity index (χ0n) is 14.2. The average molecular weight is 341 g/mol. The number of unbranched alkanes of at least 4 members (excludes halogenated alkanes) is 1. The van der Waals surface area contributed by atoms with E-state index in [1.807, 2.05) is 49.4 Å². The molecule has 0 aliphatic rings. The van der Waals surface area contributed by atoms with Crippen LogP contribution in [0.25, 0.3) is 10.2 Å². The van der Waals surface area contributed by atoms with Crippen LogP contribution in [0.3, 0.4) is 0 Å². The van der Waals surface area contributed by atoms with E-state index >= 15 is 0 Å². The highest BCUT2D eigenvalue weighted by Crippen LogP contribution is 2.31. The Bertz CT molecular complexity index is 812. The number of fused-ring (bicyclic) bond motifs is 1. The zero-order chi connectivity index (χ0) is 16.9. The summed E-state index contributed by atoms with van der Waals surface area (Å²) in [6.07, 6.45) is 2.55. The molecular weight excluding hydrogens is 318 g/mol. The molecule has 3 rings (SSSR count). The van der Waals surface area contributed by atoms with Gasteiger partial charge in [0.15, 0.2) is 0 Å². The third kappa shape index (κ3) is 3.94. The molecular formula is C20H23NO2S. The van der Waals surface area contributed by atoms with E-state index in [9.17, 15) is 5.11 Å². The number of ether oxygens (including phenoxy) is 1. The smallest absolute Gasteiger partial charge is 0.139 e. The van der Waals surface area contributed by atoms with Gasteiger partial charge >= 0.3 is 0 Å². The van der Waals surface area contributed by atoms with Gasteiger partial charge in [-0.3, -0.25) is 0 Å². The molecule has 0 amide bonds. The third-order valence-corrected chi connectivity index (χ3v) is 5.05. The number of benzene rings is 2. The third-order valence-electron chi connectivity index (χ3n) is 4.05. The van der Waals surface area contributed by atoms with Crippen LogP contribution in [-0.4, -0.2) is 10.1 Å². The molecule has 2 aromatic carbocycles. The van der Waals surface area contributed by atoms with E-state index in [0.29, 0.717) is 6.61 Å². The predicted octanol–water partition coefficient (Wildman–Crippen LogP) is 5.41. The van der Waals surface area contributed by atoms with Gasteiger partial charge < -0.3 is 9.84 Å². The first kappa shape index (κ1) is 16.9. The van der Waals surface area contributed by atoms with Gasteiger partial charge in [-0.1, -0.05) is 44.0 Å². The van der Waals surface area contributed by atoms with E-state index in [1.54, 1.807) is 11.3 Å². The summed E-state index contributed by atoms with van der Waals surface area (Å²) in [5.41, 5.74) is 3.02. The van der Waals surface area contributed by atoms with Crippen molar-refractivity contribution >= 4 is 21.6 Å². The topological polar surface area (TPSA) is 42.4 Å². The van der Waals surface area contributed by atoms with Crippen molar-refractivity contribution in [1.82, 2.24) is 4.98 Å². The van der Waals surface area contributed by atoms with Gasteiger partial charge in [0.05, 0.1) is 21.3 Å². The molecule has 0 radical (unpaired) electrons. The van der Waals surface area contributed by atoms with Crippen molar-refractivity contribution in [3.8, 4) is 5.75 Å². The first-order valence-electron chi connectivity index (χ1n) is 8.43. The maximum atomic E-state index is 10.3. The van der Waals surface area contributed by atoms with Crippen LogP contribution >= 0.6 is 11.3 Å². The van der Waals surface area contributed by atoms with Gasteiger partial charge in [-0.05, 0) is 42.7 Å². The summed E-state index contributed by atoms with van der Waals surface area (Å²) >= 11 is 1.65. The molecule has 0 aliphatic heterocycles. The predicted molar refractivity (Wildman–Crippen MR) is 99.6 cm³/mol. The van der Waals surface area contributed by atoms with Crippen LogP contribution in [0.1, 0.15) is 48.4 Å². The number of aliphatic hydroxyl groups excluding tert-OH is 1. The molecule has 24 heavy (non-hydrogen) atoms. The summed E-state index contributed by atoms with van der Waals surface area (Å²) in [5.74, 6) is 0.870. The molecule has 0 fully saturated rings. The maximum absolute atomic E-state index is 10.3. The number of hydrogen-bond acceptors (Lipinski definition) is 4. The van der Waals surface area contributed by atoms with Crippen molar-refractivity contribution in [2.24, 2.45) is 0 Å². The second-order valence-corrected chi connectivity index (χ2v) is 7.23. The van der Waals surface area contributed by atoms with Crippen molar-refractivity contribution < 1.29 is 9.84 Å². The van der Waals surface area contributed by atoms with Gasteiger partial charge in [-0.2, -0.15) is 0 Å². The molecule has 4 heteroatoms. The van der Waals surface area contributed by atoms with E-state index in [-0.39, 0.29) is 0 Å². The number of thiazole rings is 1. The molecule has 1 heterocycles. The van der Waals surface area contributed by atoms with Gasteiger partial charge in [0.1, 0.15) is 12.4 Å². The van der Waals surface area contributed by atoms with Crippen LogP contribution in [0.2, 0.25) is 0 Å². The summed E-state index contributed by atoms with van der Waals surface area (Å²) in [5, 5.41) is 11.3. The number of aryl methyl sites for hydroxylation is 1. The SMILES string of the molecule is CCCCC(O)c1cccc(COc2cccc3nc(C)sc23)c1. The number of aromatic nitrogens is 1. The summed E-state index contributed by atoms with van der Waals surface area (Å²) in [7, 11) is 0. The number of hydrogen-bond donors (Lipinski definition) is 1. The normalized spacial score (nSPS) is 12.5. The quantitative estimate of drug-likeness (QED) is 0.625. The van der Waals surface area contributed by atoms with Crippen LogP contribution in [-0.2, 0) is 6.61 Å². The minimum absolute atomic E-state index is 0.391. The monoisotopic (exact) mass is 341 g/mol. The fraction of sp³-hybridized carbons (Fsp3) is 0.350. The average Bonchev–Trinajstić information content (AvgIpc) is 2.98. The van der Waals surface area contributed by atoms with Gasteiger partial charge in [0.25, 0.3) is 0 Å². The Morgan fingerprint density at radius 1 is 1.21 bits per heavy atom. The largest absolute Gasteiger partial charge is 0.487 e. The molecule has 0 bridgehead atoms. The summed E-state index contributed by atoms with van der Waals surface area (Å²) in [6, 6.07) is 14.0. The Morgan fingerprint density at radius 2 is 2.04 bits per heavy atom. The second-order valence-electron chi connectivity index (χ2n) is 6.03. The molecule has 3 nitrogen and oxygen atoms in total. The summed E-state index contributed by atoms with van der Waals surface area (Å²) in [6.45, 7) is 4.64. The van der Waals surface area contributed by atoms with Crippen molar-refractivity contribution in [3.05, 3.63) is 58.6 Å². The van der Waals surface area contributed by atoms with E-state index in [4.69, 9.17) is 4.74 Å². The molecule has 3 aromatic rings. The maximum Gasteiger partial charge on any atom is 0.139 e. The van der Waals surface area contributed by atoms with Crippen LogP contribution in [0.5, 0.6) is 5.75 Å². The molecule has 1 N–H and O–H groups in total. The van der Waals surface area contributed by atoms with E-state index < -0.39 is 6.10 Å². The van der Waals surface area contributed by atoms with Crippen LogP contribution < -0.4 is 4.74 Å². The molecule has 0 saturated carbocycles. The van der Waals surface area contributed by atoms with E-state index in [1.165, 1.54) is 0 Å². The Morgan fingerprint density at radius 3 is 2.88 bits per heavy atom. The molecule has 0 aliphatic carbocycles. The minimum Gasteiger partial charge on any atom is -0.487 e. The van der Waals surface area contributed by atoms with Crippen molar-refractivity contribution in [1.29, 1.82) is 0 Å².